The van der Waals surface area contributed by atoms with Gasteiger partial charge in [-0.2, -0.15) is 13.2 Å². The summed E-state index contributed by atoms with van der Waals surface area (Å²) in [7, 11) is 0. The van der Waals surface area contributed by atoms with Gasteiger partial charge in [-0.05, 0) is 50.0 Å². The van der Waals surface area contributed by atoms with E-state index >= 15 is 0 Å². The summed E-state index contributed by atoms with van der Waals surface area (Å²) in [4.78, 5) is 1.18. The number of allylic oxidation sites excluding steroid dienone is 4. The van der Waals surface area contributed by atoms with Crippen molar-refractivity contribution in [3.8, 4) is 0 Å². The van der Waals surface area contributed by atoms with Crippen LogP contribution in [0.1, 0.15) is 46.6 Å². The molecule has 4 nitrogen and oxygen atoms in total. The Morgan fingerprint density at radius 2 is 1.76 bits per heavy atom. The predicted molar refractivity (Wildman–Crippen MR) is 91.9 cm³/mol. The summed E-state index contributed by atoms with van der Waals surface area (Å²) in [6, 6.07) is 3.20. The molecule has 0 saturated carbocycles. The third-order valence-corrected chi connectivity index (χ3v) is 4.60. The molecule has 25 heavy (non-hydrogen) atoms. The van der Waals surface area contributed by atoms with Gasteiger partial charge in [0.15, 0.2) is 0 Å². The molecule has 0 saturated heterocycles. The Balaban J connectivity index is 2.54. The number of aromatic nitrogens is 3. The lowest BCUT2D eigenvalue weighted by Crippen LogP contribution is -2.12. The van der Waals surface area contributed by atoms with E-state index in [1.54, 1.807) is 6.08 Å². The molecule has 0 aliphatic carbocycles. The third-order valence-electron chi connectivity index (χ3n) is 4.60. The highest BCUT2D eigenvalue weighted by Crippen LogP contribution is 2.32. The summed E-state index contributed by atoms with van der Waals surface area (Å²) in [5, 5.41) is 18.3. The molecule has 0 atom stereocenters. The van der Waals surface area contributed by atoms with Gasteiger partial charge in [-0.1, -0.05) is 26.3 Å². The molecule has 0 fully saturated rings. The van der Waals surface area contributed by atoms with Gasteiger partial charge in [-0.25, -0.2) is 0 Å². The van der Waals surface area contributed by atoms with E-state index in [0.717, 1.165) is 24.1 Å². The van der Waals surface area contributed by atoms with Crippen molar-refractivity contribution in [2.75, 3.05) is 0 Å². The Morgan fingerprint density at radius 1 is 1.16 bits per heavy atom. The highest BCUT2D eigenvalue weighted by molar-refractivity contribution is 5.76. The summed E-state index contributed by atoms with van der Waals surface area (Å²) in [6.07, 6.45) is -1.77. The summed E-state index contributed by atoms with van der Waals surface area (Å²) >= 11 is 0. The van der Waals surface area contributed by atoms with Gasteiger partial charge in [-0.3, -0.25) is 0 Å². The summed E-state index contributed by atoms with van der Waals surface area (Å²) < 4.78 is 38.5. The smallest absolute Gasteiger partial charge is 0.416 e. The number of halogens is 3. The van der Waals surface area contributed by atoms with E-state index in [9.17, 15) is 18.3 Å². The average Bonchev–Trinajstić information content (AvgIpc) is 2.93. The van der Waals surface area contributed by atoms with E-state index in [4.69, 9.17) is 0 Å². The topological polar surface area (TPSA) is 50.9 Å². The molecule has 0 aliphatic heterocycles. The standard InChI is InChI=1S/C18H22F3N3O/c1-6-17(4,5)11(2)9-16(12(3)25)24-22-14-8-7-13(18(19,20)21)10-15(14)23-24/h7-10,25H,6H2,1-5H3/b11-9+,16-12-. The van der Waals surface area contributed by atoms with Crippen molar-refractivity contribution in [1.82, 2.24) is 15.0 Å². The van der Waals surface area contributed by atoms with Crippen LogP contribution in [0, 0.1) is 5.41 Å². The quantitative estimate of drug-likeness (QED) is 0.577. The number of aliphatic hydroxyl groups excluding tert-OH is 1. The first-order valence-corrected chi connectivity index (χ1v) is 7.99. The minimum atomic E-state index is -4.44. The van der Waals surface area contributed by atoms with Crippen molar-refractivity contribution in [2.24, 2.45) is 5.41 Å². The molecule has 1 aromatic heterocycles. The first-order valence-electron chi connectivity index (χ1n) is 7.99. The lowest BCUT2D eigenvalue weighted by atomic mass is 9.82. The molecule has 0 amide bonds. The Labute approximate surface area is 144 Å². The van der Waals surface area contributed by atoms with Crippen LogP contribution in [0.25, 0.3) is 16.7 Å². The van der Waals surface area contributed by atoms with Gasteiger partial charge in [0.1, 0.15) is 22.5 Å². The van der Waals surface area contributed by atoms with Crippen LogP contribution in [-0.2, 0) is 6.18 Å². The zero-order valence-corrected chi connectivity index (χ0v) is 14.9. The minimum Gasteiger partial charge on any atom is -0.510 e. The normalized spacial score (nSPS) is 14.8. The van der Waals surface area contributed by atoms with Gasteiger partial charge in [-0.15, -0.1) is 15.0 Å². The molecule has 0 spiro atoms. The maximum Gasteiger partial charge on any atom is 0.416 e. The molecule has 1 N–H and O–H groups in total. The molecule has 2 rings (SSSR count). The molecule has 1 heterocycles. The van der Waals surface area contributed by atoms with Crippen molar-refractivity contribution < 1.29 is 18.3 Å². The van der Waals surface area contributed by atoms with Crippen molar-refractivity contribution >= 4 is 16.7 Å². The zero-order valence-electron chi connectivity index (χ0n) is 14.9. The molecule has 136 valence electrons. The number of nitrogens with zero attached hydrogens (tertiary/aromatic N) is 3. The summed E-state index contributed by atoms with van der Waals surface area (Å²) in [5.41, 5.74) is 0.926. The second kappa shape index (κ2) is 6.54. The number of aliphatic hydroxyl groups is 1. The zero-order chi connectivity index (χ0) is 19.0. The fourth-order valence-corrected chi connectivity index (χ4v) is 2.18. The maximum atomic E-state index is 12.8. The van der Waals surface area contributed by atoms with Gasteiger partial charge in [0.05, 0.1) is 5.56 Å². The number of benzene rings is 1. The minimum absolute atomic E-state index is 0.0115. The van der Waals surface area contributed by atoms with Crippen LogP contribution in [0.15, 0.2) is 35.6 Å². The fraction of sp³-hybridized carbons (Fsp3) is 0.444. The SMILES string of the molecule is CCC(C)(C)/C(C)=C/C(=C(\C)O)n1nc2ccc(C(F)(F)F)cc2n1. The van der Waals surface area contributed by atoms with Crippen molar-refractivity contribution in [2.45, 2.75) is 47.2 Å². The number of hydrogen-bond acceptors (Lipinski definition) is 3. The highest BCUT2D eigenvalue weighted by atomic mass is 19.4. The lowest BCUT2D eigenvalue weighted by molar-refractivity contribution is -0.137. The average molecular weight is 353 g/mol. The third kappa shape index (κ3) is 4.03. The van der Waals surface area contributed by atoms with Crippen LogP contribution in [0.4, 0.5) is 13.2 Å². The molecule has 7 heteroatoms. The Hall–Kier alpha value is -2.31. The Bertz CT molecular complexity index is 841. The van der Waals surface area contributed by atoms with Crippen LogP contribution < -0.4 is 0 Å². The molecule has 0 unspecified atom stereocenters. The monoisotopic (exact) mass is 353 g/mol. The molecule has 2 aromatic rings. The predicted octanol–water partition coefficient (Wildman–Crippen LogP) is 5.58. The second-order valence-electron chi connectivity index (χ2n) is 6.73. The lowest BCUT2D eigenvalue weighted by Gasteiger charge is -2.24. The van der Waals surface area contributed by atoms with E-state index < -0.39 is 11.7 Å². The number of alkyl halides is 3. The maximum absolute atomic E-state index is 12.8. The van der Waals surface area contributed by atoms with Gasteiger partial charge in [0.25, 0.3) is 0 Å². The van der Waals surface area contributed by atoms with Crippen LogP contribution in [0.3, 0.4) is 0 Å². The Morgan fingerprint density at radius 3 is 2.28 bits per heavy atom. The van der Waals surface area contributed by atoms with Crippen LogP contribution in [0.5, 0.6) is 0 Å². The van der Waals surface area contributed by atoms with E-state index in [1.807, 2.05) is 6.92 Å². The van der Waals surface area contributed by atoms with Crippen molar-refractivity contribution in [1.29, 1.82) is 0 Å². The van der Waals surface area contributed by atoms with E-state index in [1.165, 1.54) is 17.8 Å². The van der Waals surface area contributed by atoms with Gasteiger partial charge < -0.3 is 5.11 Å². The summed E-state index contributed by atoms with van der Waals surface area (Å²) in [6.45, 7) is 9.65. The van der Waals surface area contributed by atoms with Gasteiger partial charge in [0.2, 0.25) is 0 Å². The van der Waals surface area contributed by atoms with E-state index in [-0.39, 0.29) is 16.7 Å². The molecule has 0 radical (unpaired) electrons. The number of hydrogen-bond donors (Lipinski definition) is 1. The van der Waals surface area contributed by atoms with Crippen LogP contribution in [0.2, 0.25) is 0 Å². The first-order chi connectivity index (χ1) is 11.5. The molecule has 0 bridgehead atoms. The highest BCUT2D eigenvalue weighted by Gasteiger charge is 2.31. The van der Waals surface area contributed by atoms with E-state index in [0.29, 0.717) is 11.2 Å². The van der Waals surface area contributed by atoms with Crippen molar-refractivity contribution in [3.05, 3.63) is 41.2 Å². The molecule has 0 aliphatic rings. The van der Waals surface area contributed by atoms with Crippen LogP contribution in [-0.4, -0.2) is 20.1 Å². The first kappa shape index (κ1) is 19.0. The van der Waals surface area contributed by atoms with Gasteiger partial charge >= 0.3 is 6.18 Å². The van der Waals surface area contributed by atoms with Crippen LogP contribution >= 0.6 is 0 Å². The number of fused-ring (bicyclic) bond motifs is 1. The molecular weight excluding hydrogens is 331 g/mol. The fourth-order valence-electron chi connectivity index (χ4n) is 2.18. The second-order valence-corrected chi connectivity index (χ2v) is 6.73. The number of rotatable bonds is 4. The van der Waals surface area contributed by atoms with E-state index in [2.05, 4.69) is 31.0 Å². The van der Waals surface area contributed by atoms with Gasteiger partial charge in [0, 0.05) is 0 Å². The molecular formula is C18H22F3N3O. The van der Waals surface area contributed by atoms with Crippen molar-refractivity contribution in [3.63, 3.8) is 0 Å². The Kier molecular flexibility index (Phi) is 4.97. The largest absolute Gasteiger partial charge is 0.510 e. The molecule has 1 aromatic carbocycles. The summed E-state index contributed by atoms with van der Waals surface area (Å²) in [5.74, 6) is -0.0115.